The van der Waals surface area contributed by atoms with E-state index in [4.69, 9.17) is 14.2 Å². The number of carbonyl (C=O) groups is 1. The number of rotatable bonds is 0. The summed E-state index contributed by atoms with van der Waals surface area (Å²) in [6.45, 7) is 19.2. The van der Waals surface area contributed by atoms with Crippen molar-refractivity contribution in [2.45, 2.75) is 98.1 Å². The van der Waals surface area contributed by atoms with Crippen LogP contribution in [-0.2, 0) is 19.0 Å². The Labute approximate surface area is 175 Å². The first-order valence-electron chi connectivity index (χ1n) is 10.9. The molecule has 168 valence electrons. The van der Waals surface area contributed by atoms with E-state index in [2.05, 4.69) is 13.5 Å². The van der Waals surface area contributed by atoms with Crippen LogP contribution in [0.15, 0.2) is 12.2 Å². The monoisotopic (exact) mass is 412 g/mol. The average Bonchev–Trinajstić information content (AvgIpc) is 2.65. The van der Waals surface area contributed by atoms with Crippen molar-refractivity contribution in [2.24, 2.45) is 29.6 Å². The van der Waals surface area contributed by atoms with Crippen LogP contribution in [0.2, 0.25) is 0 Å². The minimum Gasteiger partial charge on any atom is -0.462 e. The van der Waals surface area contributed by atoms with Crippen LogP contribution < -0.4 is 0 Å². The van der Waals surface area contributed by atoms with Gasteiger partial charge in [0, 0.05) is 17.8 Å². The Morgan fingerprint density at radius 3 is 2.07 bits per heavy atom. The van der Waals surface area contributed by atoms with Crippen molar-refractivity contribution in [1.29, 1.82) is 0 Å². The van der Waals surface area contributed by atoms with Crippen molar-refractivity contribution in [1.82, 2.24) is 0 Å². The minimum absolute atomic E-state index is 0.0378. The van der Waals surface area contributed by atoms with Gasteiger partial charge in [-0.3, -0.25) is 4.79 Å². The molecule has 0 aromatic rings. The van der Waals surface area contributed by atoms with Crippen LogP contribution in [0.4, 0.5) is 0 Å². The van der Waals surface area contributed by atoms with Gasteiger partial charge in [0.15, 0.2) is 5.79 Å². The zero-order valence-corrected chi connectivity index (χ0v) is 19.2. The van der Waals surface area contributed by atoms with E-state index >= 15 is 0 Å². The van der Waals surface area contributed by atoms with Gasteiger partial charge >= 0.3 is 5.97 Å². The molecule has 0 aromatic carbocycles. The summed E-state index contributed by atoms with van der Waals surface area (Å²) in [6, 6.07) is 0. The van der Waals surface area contributed by atoms with Crippen molar-refractivity contribution in [2.75, 3.05) is 0 Å². The van der Waals surface area contributed by atoms with Gasteiger partial charge in [-0.05, 0) is 45.6 Å². The first-order chi connectivity index (χ1) is 13.3. The highest BCUT2D eigenvalue weighted by molar-refractivity contribution is 5.73. The van der Waals surface area contributed by atoms with Crippen molar-refractivity contribution in [3.63, 3.8) is 0 Å². The summed E-state index contributed by atoms with van der Waals surface area (Å²) in [6.07, 6.45) is -2.13. The Hall–Kier alpha value is -0.950. The molecule has 2 aliphatic rings. The van der Waals surface area contributed by atoms with Gasteiger partial charge in [-0.15, -0.1) is 0 Å². The van der Waals surface area contributed by atoms with Crippen LogP contribution in [0.1, 0.15) is 61.8 Å². The minimum atomic E-state index is -0.849. The van der Waals surface area contributed by atoms with Gasteiger partial charge in [0.2, 0.25) is 0 Å². The second-order valence-electron chi connectivity index (χ2n) is 9.85. The summed E-state index contributed by atoms with van der Waals surface area (Å²) in [5.74, 6) is -2.38. The van der Waals surface area contributed by atoms with Crippen LogP contribution in [0.3, 0.4) is 0 Å². The number of hydrogen-bond donors (Lipinski definition) is 2. The van der Waals surface area contributed by atoms with Gasteiger partial charge in [-0.25, -0.2) is 0 Å². The lowest BCUT2D eigenvalue weighted by Gasteiger charge is -2.48. The molecule has 2 rings (SSSR count). The quantitative estimate of drug-likeness (QED) is 0.469. The molecule has 0 amide bonds. The van der Waals surface area contributed by atoms with E-state index < -0.39 is 35.9 Å². The Kier molecular flexibility index (Phi) is 7.59. The Morgan fingerprint density at radius 1 is 0.931 bits per heavy atom. The highest BCUT2D eigenvalue weighted by Gasteiger charge is 2.47. The highest BCUT2D eigenvalue weighted by atomic mass is 16.7. The van der Waals surface area contributed by atoms with E-state index in [1.165, 1.54) is 0 Å². The smallest absolute Gasteiger partial charge is 0.311 e. The lowest BCUT2D eigenvalue weighted by Crippen LogP contribution is -2.55. The lowest BCUT2D eigenvalue weighted by molar-refractivity contribution is -0.333. The van der Waals surface area contributed by atoms with E-state index in [-0.39, 0.29) is 35.9 Å². The molecule has 0 aliphatic carbocycles. The first-order valence-corrected chi connectivity index (χ1v) is 10.9. The maximum Gasteiger partial charge on any atom is 0.311 e. The van der Waals surface area contributed by atoms with Crippen LogP contribution in [0.5, 0.6) is 0 Å². The number of aliphatic hydroxyl groups is 2. The zero-order chi connectivity index (χ0) is 22.3. The van der Waals surface area contributed by atoms with E-state index in [9.17, 15) is 15.0 Å². The van der Waals surface area contributed by atoms with Gasteiger partial charge in [-0.2, -0.15) is 0 Å². The van der Waals surface area contributed by atoms with Crippen LogP contribution in [0, 0.1) is 29.6 Å². The molecule has 6 heteroatoms. The van der Waals surface area contributed by atoms with Gasteiger partial charge in [0.1, 0.15) is 6.10 Å². The molecule has 1 unspecified atom stereocenters. The van der Waals surface area contributed by atoms with Crippen LogP contribution >= 0.6 is 0 Å². The summed E-state index contributed by atoms with van der Waals surface area (Å²) in [4.78, 5) is 12.9. The maximum absolute atomic E-state index is 12.9. The molecule has 2 N–H and O–H groups in total. The number of carbonyl (C=O) groups excluding carboxylic acids is 1. The molecule has 2 aliphatic heterocycles. The number of ether oxygens (including phenoxy) is 3. The Morgan fingerprint density at radius 2 is 1.48 bits per heavy atom. The molecule has 29 heavy (non-hydrogen) atoms. The standard InChI is InChI=1S/C23H40O6/c1-11-10-12(2)20-15(5)21(29-23(8,9)28-20)16(6)22(26)27-17(7)13(3)19(25)14(4)18(11)24/h12-21,24-25H,1,10H2,2-9H3/t12-,13-,14-,15+,16+,17+,18-,19?,20-,21-/m0/s1. The molecule has 10 atom stereocenters. The molecule has 0 spiro atoms. The molecular formula is C23H40O6. The summed E-state index contributed by atoms with van der Waals surface area (Å²) >= 11 is 0. The predicted molar refractivity (Wildman–Crippen MR) is 111 cm³/mol. The number of fused-ring (bicyclic) bond motifs is 2. The van der Waals surface area contributed by atoms with E-state index in [1.54, 1.807) is 13.8 Å². The fraction of sp³-hybridized carbons (Fsp3) is 0.870. The number of aliphatic hydroxyl groups excluding tert-OH is 2. The fourth-order valence-corrected chi connectivity index (χ4v) is 4.77. The maximum atomic E-state index is 12.9. The van der Waals surface area contributed by atoms with Crippen LogP contribution in [0.25, 0.3) is 0 Å². The topological polar surface area (TPSA) is 85.2 Å². The largest absolute Gasteiger partial charge is 0.462 e. The van der Waals surface area contributed by atoms with Crippen molar-refractivity contribution in [3.05, 3.63) is 12.2 Å². The molecule has 0 radical (unpaired) electrons. The average molecular weight is 413 g/mol. The van der Waals surface area contributed by atoms with Gasteiger partial charge in [-0.1, -0.05) is 34.3 Å². The van der Waals surface area contributed by atoms with Gasteiger partial charge in [0.05, 0.1) is 30.3 Å². The third-order valence-corrected chi connectivity index (χ3v) is 6.92. The summed E-state index contributed by atoms with van der Waals surface area (Å²) in [5, 5.41) is 21.6. The second kappa shape index (κ2) is 9.04. The molecule has 2 heterocycles. The van der Waals surface area contributed by atoms with E-state index in [1.807, 2.05) is 34.6 Å². The first kappa shape index (κ1) is 24.3. The van der Waals surface area contributed by atoms with Crippen molar-refractivity contribution < 1.29 is 29.2 Å². The summed E-state index contributed by atoms with van der Waals surface area (Å²) in [5.41, 5.74) is 0.683. The third-order valence-electron chi connectivity index (χ3n) is 6.92. The second-order valence-corrected chi connectivity index (χ2v) is 9.85. The number of hydrogen-bond acceptors (Lipinski definition) is 6. The molecule has 6 nitrogen and oxygen atoms in total. The molecule has 0 saturated carbocycles. The number of esters is 1. The molecule has 2 bridgehead atoms. The van der Waals surface area contributed by atoms with Crippen molar-refractivity contribution in [3.8, 4) is 0 Å². The normalized spacial score (nSPS) is 47.2. The predicted octanol–water partition coefficient (Wildman–Crippen LogP) is 3.30. The highest BCUT2D eigenvalue weighted by Crippen LogP contribution is 2.40. The number of cyclic esters (lactones) is 1. The summed E-state index contributed by atoms with van der Waals surface area (Å²) in [7, 11) is 0. The van der Waals surface area contributed by atoms with Crippen molar-refractivity contribution >= 4 is 5.97 Å². The van der Waals surface area contributed by atoms with E-state index in [0.29, 0.717) is 12.0 Å². The van der Waals surface area contributed by atoms with E-state index in [0.717, 1.165) is 0 Å². The fourth-order valence-electron chi connectivity index (χ4n) is 4.77. The van der Waals surface area contributed by atoms with Gasteiger partial charge in [0.25, 0.3) is 0 Å². The molecular weight excluding hydrogens is 372 g/mol. The van der Waals surface area contributed by atoms with Crippen LogP contribution in [-0.4, -0.2) is 52.5 Å². The van der Waals surface area contributed by atoms with Gasteiger partial charge < -0.3 is 24.4 Å². The Balaban J connectivity index is 2.42. The summed E-state index contributed by atoms with van der Waals surface area (Å²) < 4.78 is 18.1. The SMILES string of the molecule is C=C1C[C@H](C)[C@@H]2OC(C)(C)O[C@@H]([C@@H]2C)[C@@H](C)C(=O)O[C@H](C)[C@H](C)C(O)[C@@H](C)[C@H]1O. The molecule has 2 fully saturated rings. The molecule has 0 aromatic heterocycles. The lowest BCUT2D eigenvalue weighted by atomic mass is 9.77. The Bertz CT molecular complexity index is 602. The zero-order valence-electron chi connectivity index (χ0n) is 19.2. The third kappa shape index (κ3) is 5.22. The molecule has 2 saturated heterocycles.